The van der Waals surface area contributed by atoms with Gasteiger partial charge in [-0.25, -0.2) is 13.4 Å². The monoisotopic (exact) mass is 486 g/mol. The van der Waals surface area contributed by atoms with Gasteiger partial charge in [0.25, 0.3) is 0 Å². The lowest BCUT2D eigenvalue weighted by atomic mass is 10.3. The van der Waals surface area contributed by atoms with Crippen molar-refractivity contribution >= 4 is 38.6 Å². The fraction of sp³-hybridized carbons (Fsp3) is 0.571. The molecule has 31 heavy (non-hydrogen) atoms. The number of thiazole rings is 1. The van der Waals surface area contributed by atoms with Crippen LogP contribution in [0.25, 0.3) is 0 Å². The average Bonchev–Trinajstić information content (AvgIpc) is 3.12. The van der Waals surface area contributed by atoms with Crippen molar-refractivity contribution in [3.8, 4) is 0 Å². The van der Waals surface area contributed by atoms with Crippen LogP contribution >= 0.6 is 22.9 Å². The van der Waals surface area contributed by atoms with Crippen LogP contribution in [0.15, 0.2) is 33.5 Å². The minimum atomic E-state index is -3.60. The van der Waals surface area contributed by atoms with Gasteiger partial charge in [0.2, 0.25) is 10.0 Å². The summed E-state index contributed by atoms with van der Waals surface area (Å²) in [6.45, 7) is 11.9. The van der Waals surface area contributed by atoms with Gasteiger partial charge in [0, 0.05) is 30.7 Å². The summed E-state index contributed by atoms with van der Waals surface area (Å²) in [6, 6.07) is 4.73. The number of morpholine rings is 1. The minimum absolute atomic E-state index is 0.207. The van der Waals surface area contributed by atoms with E-state index in [1.165, 1.54) is 15.6 Å². The first-order chi connectivity index (χ1) is 14.9. The third-order valence-corrected chi connectivity index (χ3v) is 8.68. The van der Waals surface area contributed by atoms with Crippen LogP contribution in [0.4, 0.5) is 5.69 Å². The highest BCUT2D eigenvalue weighted by atomic mass is 35.5. The minimum Gasteiger partial charge on any atom is -0.379 e. The Labute approximate surface area is 194 Å². The van der Waals surface area contributed by atoms with Crippen molar-refractivity contribution in [3.63, 3.8) is 0 Å². The first-order valence-corrected chi connectivity index (χ1v) is 13.4. The number of aryl methyl sites for hydroxylation is 1. The van der Waals surface area contributed by atoms with Crippen LogP contribution in [-0.2, 0) is 21.3 Å². The average molecular weight is 487 g/mol. The smallest absolute Gasteiger partial charge is 0.243 e. The molecule has 0 amide bonds. The number of benzene rings is 1. The Bertz CT molecular complexity index is 1040. The molecule has 1 aromatic carbocycles. The molecule has 7 nitrogen and oxygen atoms in total. The van der Waals surface area contributed by atoms with Crippen LogP contribution in [0.2, 0.25) is 5.02 Å². The molecule has 0 unspecified atom stereocenters. The van der Waals surface area contributed by atoms with E-state index in [4.69, 9.17) is 21.3 Å². The number of sulfonamides is 1. The van der Waals surface area contributed by atoms with Crippen molar-refractivity contribution < 1.29 is 13.2 Å². The van der Waals surface area contributed by atoms with E-state index in [-0.39, 0.29) is 4.90 Å². The van der Waals surface area contributed by atoms with E-state index >= 15 is 0 Å². The molecule has 0 atom stereocenters. The molecule has 2 aromatic rings. The van der Waals surface area contributed by atoms with E-state index in [0.29, 0.717) is 37.0 Å². The molecule has 0 aliphatic carbocycles. The standard InChI is InChI=1S/C21H31ClN4O3S2/c1-4-24(5-2)9-6-10-26-17(3)16-30-21(26)23-20-15-18(7-8-19(20)22)31(27,28)25-11-13-29-14-12-25/h7-8,15-16H,4-6,9-14H2,1-3H3. The molecule has 172 valence electrons. The van der Waals surface area contributed by atoms with Crippen LogP contribution < -0.4 is 4.80 Å². The summed E-state index contributed by atoms with van der Waals surface area (Å²) in [5, 5.41) is 2.50. The maximum atomic E-state index is 13.0. The molecule has 3 rings (SSSR count). The maximum absolute atomic E-state index is 13.0. The van der Waals surface area contributed by atoms with E-state index in [1.807, 2.05) is 0 Å². The molecule has 2 heterocycles. The second kappa shape index (κ2) is 11.1. The quantitative estimate of drug-likeness (QED) is 0.544. The van der Waals surface area contributed by atoms with Crippen LogP contribution in [0.3, 0.4) is 0 Å². The Kier molecular flexibility index (Phi) is 8.72. The number of halogens is 1. The summed E-state index contributed by atoms with van der Waals surface area (Å²) in [6.07, 6.45) is 1.02. The van der Waals surface area contributed by atoms with Crippen molar-refractivity contribution in [2.45, 2.75) is 38.6 Å². The van der Waals surface area contributed by atoms with E-state index < -0.39 is 10.0 Å². The van der Waals surface area contributed by atoms with Gasteiger partial charge in [-0.3, -0.25) is 0 Å². The summed E-state index contributed by atoms with van der Waals surface area (Å²) in [7, 11) is -3.60. The van der Waals surface area contributed by atoms with Crippen molar-refractivity contribution in [2.75, 3.05) is 45.9 Å². The molecule has 0 radical (unpaired) electrons. The summed E-state index contributed by atoms with van der Waals surface area (Å²) in [5.41, 5.74) is 1.60. The summed E-state index contributed by atoms with van der Waals surface area (Å²) < 4.78 is 34.9. The molecule has 1 aliphatic rings. The molecule has 10 heteroatoms. The van der Waals surface area contributed by atoms with E-state index in [0.717, 1.165) is 43.1 Å². The van der Waals surface area contributed by atoms with Crippen molar-refractivity contribution in [3.05, 3.63) is 39.1 Å². The molecule has 0 saturated carbocycles. The van der Waals surface area contributed by atoms with E-state index in [9.17, 15) is 8.42 Å². The number of hydrogen-bond donors (Lipinski definition) is 0. The van der Waals surface area contributed by atoms with Gasteiger partial charge in [0.05, 0.1) is 28.8 Å². The van der Waals surface area contributed by atoms with Gasteiger partial charge < -0.3 is 14.2 Å². The molecule has 1 aliphatic heterocycles. The van der Waals surface area contributed by atoms with E-state index in [2.05, 4.69) is 35.6 Å². The van der Waals surface area contributed by atoms with E-state index in [1.54, 1.807) is 18.2 Å². The van der Waals surface area contributed by atoms with Crippen molar-refractivity contribution in [1.82, 2.24) is 13.8 Å². The zero-order valence-electron chi connectivity index (χ0n) is 18.4. The Morgan fingerprint density at radius 3 is 2.61 bits per heavy atom. The highest BCUT2D eigenvalue weighted by Crippen LogP contribution is 2.29. The number of aromatic nitrogens is 1. The molecule has 1 saturated heterocycles. The molecule has 0 N–H and O–H groups in total. The third kappa shape index (κ3) is 5.97. The van der Waals surface area contributed by atoms with Gasteiger partial charge in [-0.05, 0) is 51.2 Å². The predicted octanol–water partition coefficient (Wildman–Crippen LogP) is 3.50. The summed E-state index contributed by atoms with van der Waals surface area (Å²) in [5.74, 6) is 0. The SMILES string of the molecule is CCN(CC)CCCn1c(C)csc1=Nc1cc(S(=O)(=O)N2CCOCC2)ccc1Cl. The zero-order valence-corrected chi connectivity index (χ0v) is 20.8. The lowest BCUT2D eigenvalue weighted by Gasteiger charge is -2.26. The maximum Gasteiger partial charge on any atom is 0.243 e. The Balaban J connectivity index is 1.88. The second-order valence-electron chi connectivity index (χ2n) is 7.43. The van der Waals surface area contributed by atoms with Gasteiger partial charge in [0.1, 0.15) is 0 Å². The van der Waals surface area contributed by atoms with Crippen LogP contribution in [-0.4, -0.2) is 68.1 Å². The Morgan fingerprint density at radius 1 is 1.23 bits per heavy atom. The highest BCUT2D eigenvalue weighted by Gasteiger charge is 2.26. The first kappa shape index (κ1) is 24.4. The van der Waals surface area contributed by atoms with Crippen LogP contribution in [0.1, 0.15) is 26.0 Å². The largest absolute Gasteiger partial charge is 0.379 e. The Hall–Kier alpha value is -1.23. The molecule has 0 spiro atoms. The molecular weight excluding hydrogens is 456 g/mol. The molecule has 1 fully saturated rings. The van der Waals surface area contributed by atoms with Gasteiger partial charge >= 0.3 is 0 Å². The van der Waals surface area contributed by atoms with Crippen LogP contribution in [0, 0.1) is 6.92 Å². The normalized spacial score (nSPS) is 16.4. The second-order valence-corrected chi connectivity index (χ2v) is 10.6. The zero-order chi connectivity index (χ0) is 22.4. The first-order valence-electron chi connectivity index (χ1n) is 10.7. The van der Waals surface area contributed by atoms with Gasteiger partial charge in [-0.2, -0.15) is 4.31 Å². The van der Waals surface area contributed by atoms with Crippen LogP contribution in [0.5, 0.6) is 0 Å². The number of rotatable bonds is 9. The fourth-order valence-electron chi connectivity index (χ4n) is 3.54. The Morgan fingerprint density at radius 2 is 1.94 bits per heavy atom. The van der Waals surface area contributed by atoms with Gasteiger partial charge in [0.15, 0.2) is 4.80 Å². The van der Waals surface area contributed by atoms with Crippen molar-refractivity contribution in [1.29, 1.82) is 0 Å². The summed E-state index contributed by atoms with van der Waals surface area (Å²) in [4.78, 5) is 8.17. The van der Waals surface area contributed by atoms with Gasteiger partial charge in [-0.15, -0.1) is 11.3 Å². The lowest BCUT2D eigenvalue weighted by molar-refractivity contribution is 0.0730. The fourth-order valence-corrected chi connectivity index (χ4v) is 6.05. The lowest BCUT2D eigenvalue weighted by Crippen LogP contribution is -2.40. The number of nitrogens with zero attached hydrogens (tertiary/aromatic N) is 4. The highest BCUT2D eigenvalue weighted by molar-refractivity contribution is 7.89. The number of ether oxygens (including phenoxy) is 1. The molecule has 0 bridgehead atoms. The van der Waals surface area contributed by atoms with Crippen molar-refractivity contribution in [2.24, 2.45) is 4.99 Å². The third-order valence-electron chi connectivity index (χ3n) is 5.48. The number of hydrogen-bond acceptors (Lipinski definition) is 6. The van der Waals surface area contributed by atoms with Gasteiger partial charge in [-0.1, -0.05) is 25.4 Å². The predicted molar refractivity (Wildman–Crippen MR) is 126 cm³/mol. The molecular formula is C21H31ClN4O3S2. The topological polar surface area (TPSA) is 67.1 Å². The summed E-state index contributed by atoms with van der Waals surface area (Å²) >= 11 is 7.93. The molecule has 1 aromatic heterocycles.